The zero-order valence-corrected chi connectivity index (χ0v) is 30.3. The molecule has 1 amide bonds. The number of nitrogens with two attached hydrogens (primary N) is 1. The molecule has 53 heavy (non-hydrogen) atoms. The van der Waals surface area contributed by atoms with Gasteiger partial charge < -0.3 is 29.7 Å². The topological polar surface area (TPSA) is 130 Å². The molecule has 4 aromatic rings. The number of fused-ring (bicyclic) bond motifs is 2. The van der Waals surface area contributed by atoms with Gasteiger partial charge in [0.15, 0.2) is 5.82 Å². The van der Waals surface area contributed by atoms with Crippen molar-refractivity contribution >= 4 is 49.1 Å². The van der Waals surface area contributed by atoms with Crippen molar-refractivity contribution in [1.82, 2.24) is 19.8 Å². The fraction of sp³-hybridized carbons (Fsp3) is 0.444. The van der Waals surface area contributed by atoms with Gasteiger partial charge in [-0.1, -0.05) is 12.6 Å². The molecule has 2 aliphatic rings. The van der Waals surface area contributed by atoms with Crippen molar-refractivity contribution in [3.8, 4) is 23.2 Å². The van der Waals surface area contributed by atoms with Crippen LogP contribution >= 0.6 is 11.3 Å². The predicted molar refractivity (Wildman–Crippen MR) is 191 cm³/mol. The van der Waals surface area contributed by atoms with Gasteiger partial charge in [0.25, 0.3) is 0 Å². The van der Waals surface area contributed by atoms with Crippen molar-refractivity contribution in [2.45, 2.75) is 50.2 Å². The van der Waals surface area contributed by atoms with Crippen molar-refractivity contribution < 1.29 is 41.0 Å². The first-order chi connectivity index (χ1) is 25.3. The molecule has 4 heterocycles. The lowest BCUT2D eigenvalue weighted by Crippen LogP contribution is -2.49. The number of rotatable bonds is 11. The molecule has 2 aromatic carbocycles. The van der Waals surface area contributed by atoms with Crippen LogP contribution in [0.3, 0.4) is 0 Å². The second kappa shape index (κ2) is 15.0. The predicted octanol–water partition coefficient (Wildman–Crippen LogP) is 5.99. The number of benzene rings is 2. The van der Waals surface area contributed by atoms with Crippen LogP contribution in [0, 0.1) is 23.0 Å². The van der Waals surface area contributed by atoms with Crippen LogP contribution in [0.4, 0.5) is 32.8 Å². The molecule has 2 aromatic heterocycles. The molecular weight excluding hydrogens is 721 g/mol. The maximum atomic E-state index is 17.3. The van der Waals surface area contributed by atoms with Crippen molar-refractivity contribution in [1.29, 1.82) is 5.26 Å². The van der Waals surface area contributed by atoms with E-state index in [-0.39, 0.29) is 81.2 Å². The standard InChI is InChI=1S/C36H38F5N7O4S/c1-6-27(49)48-11-10-25(26(48)17-50-4)47(7-2)34-21-13-23(36(39,40)41)29(20-8-9-24(37)32-28(20)22(14-42)33(43)53-32)30(38)31(21)44-35(45-34)52-16-18-12-19(51-5)15-46(18)3/h6,8-9,13,18-19,25-26H,1,7,10-12,15-17,43H2,2-5H3/t18-,19+,25?,26?/m0/s1. The van der Waals surface area contributed by atoms with E-state index in [1.54, 1.807) is 23.8 Å². The number of ether oxygens (including phenoxy) is 3. The van der Waals surface area contributed by atoms with Gasteiger partial charge in [-0.05, 0) is 50.6 Å². The van der Waals surface area contributed by atoms with Gasteiger partial charge in [0.05, 0.1) is 40.6 Å². The van der Waals surface area contributed by atoms with E-state index in [1.165, 1.54) is 13.2 Å². The van der Waals surface area contributed by atoms with Gasteiger partial charge in [0.2, 0.25) is 5.91 Å². The Hall–Kier alpha value is -4.63. The molecule has 282 valence electrons. The van der Waals surface area contributed by atoms with E-state index >= 15 is 17.6 Å². The zero-order chi connectivity index (χ0) is 38.4. The molecular formula is C36H38F5N7O4S. The van der Waals surface area contributed by atoms with E-state index in [0.717, 1.165) is 18.2 Å². The lowest BCUT2D eigenvalue weighted by Gasteiger charge is -2.35. The smallest absolute Gasteiger partial charge is 0.417 e. The number of thiophene rings is 1. The van der Waals surface area contributed by atoms with Crippen LogP contribution in [0.25, 0.3) is 32.1 Å². The number of carbonyl (C=O) groups excluding carboxylic acids is 1. The van der Waals surface area contributed by atoms with E-state index in [2.05, 4.69) is 16.5 Å². The molecule has 17 heteroatoms. The first-order valence-corrected chi connectivity index (χ1v) is 17.7. The highest BCUT2D eigenvalue weighted by atomic mass is 32.1. The lowest BCUT2D eigenvalue weighted by molar-refractivity contribution is -0.137. The van der Waals surface area contributed by atoms with Crippen LogP contribution in [0.2, 0.25) is 0 Å². The molecule has 0 aliphatic carbocycles. The monoisotopic (exact) mass is 759 g/mol. The van der Waals surface area contributed by atoms with Crippen LogP contribution in [0.5, 0.6) is 6.01 Å². The summed E-state index contributed by atoms with van der Waals surface area (Å²) in [7, 11) is 4.98. The third-order valence-corrected chi connectivity index (χ3v) is 11.1. The summed E-state index contributed by atoms with van der Waals surface area (Å²) in [6, 6.07) is 3.04. The van der Waals surface area contributed by atoms with Crippen molar-refractivity contribution in [3.05, 3.63) is 53.6 Å². The number of nitriles is 1. The number of nitrogen functional groups attached to an aromatic ring is 1. The molecule has 6 rings (SSSR count). The maximum Gasteiger partial charge on any atom is 0.417 e. The van der Waals surface area contributed by atoms with Crippen LogP contribution in [0.1, 0.15) is 30.9 Å². The molecule has 11 nitrogen and oxygen atoms in total. The fourth-order valence-corrected chi connectivity index (χ4v) is 8.49. The van der Waals surface area contributed by atoms with Gasteiger partial charge in [-0.3, -0.25) is 9.69 Å². The number of alkyl halides is 3. The van der Waals surface area contributed by atoms with Gasteiger partial charge in [-0.2, -0.15) is 28.4 Å². The second-order valence-corrected chi connectivity index (χ2v) is 14.0. The molecule has 2 saturated heterocycles. The number of hydrogen-bond donors (Lipinski definition) is 1. The normalized spacial score (nSPS) is 20.7. The zero-order valence-electron chi connectivity index (χ0n) is 29.5. The van der Waals surface area contributed by atoms with E-state index in [1.807, 2.05) is 18.0 Å². The molecule has 2 fully saturated rings. The molecule has 0 bridgehead atoms. The van der Waals surface area contributed by atoms with Crippen molar-refractivity contribution in [2.24, 2.45) is 0 Å². The number of hydrogen-bond acceptors (Lipinski definition) is 11. The molecule has 0 saturated carbocycles. The highest BCUT2D eigenvalue weighted by molar-refractivity contribution is 7.23. The van der Waals surface area contributed by atoms with Crippen LogP contribution in [-0.4, -0.2) is 104 Å². The van der Waals surface area contributed by atoms with Gasteiger partial charge in [-0.25, -0.2) is 8.78 Å². The molecule has 0 radical (unpaired) electrons. The highest BCUT2D eigenvalue weighted by Gasteiger charge is 2.42. The minimum absolute atomic E-state index is 0.0428. The number of methoxy groups -OCH3 is 2. The first kappa shape index (κ1) is 38.1. The van der Waals surface area contributed by atoms with Crippen LogP contribution in [-0.2, 0) is 20.4 Å². The Morgan fingerprint density at radius 3 is 2.62 bits per heavy atom. The SMILES string of the molecule is C=CC(=O)N1CCC(N(CC)c2nc(OC[C@@H]3C[C@@H](OC)CN3C)nc3c(F)c(-c4ccc(F)c5sc(N)c(C#N)c45)c(C(F)(F)F)cc23)C1COC. The van der Waals surface area contributed by atoms with E-state index in [9.17, 15) is 14.4 Å². The number of halogens is 5. The largest absolute Gasteiger partial charge is 0.462 e. The number of aromatic nitrogens is 2. The summed E-state index contributed by atoms with van der Waals surface area (Å²) >= 11 is 0.683. The number of likely N-dealkylation sites (tertiary alicyclic amines) is 2. The number of nitrogens with zero attached hydrogens (tertiary/aromatic N) is 6. The minimum Gasteiger partial charge on any atom is -0.462 e. The third kappa shape index (κ3) is 6.84. The van der Waals surface area contributed by atoms with E-state index in [0.29, 0.717) is 37.3 Å². The fourth-order valence-electron chi connectivity index (χ4n) is 7.54. The molecule has 2 unspecified atom stereocenters. The summed E-state index contributed by atoms with van der Waals surface area (Å²) < 4.78 is 94.5. The average molecular weight is 760 g/mol. The Balaban J connectivity index is 1.61. The molecule has 4 atom stereocenters. The number of amides is 1. The molecule has 2 aliphatic heterocycles. The Morgan fingerprint density at radius 1 is 1.25 bits per heavy atom. The summed E-state index contributed by atoms with van der Waals surface area (Å²) in [5.41, 5.74) is 2.54. The number of likely N-dealkylation sites (N-methyl/N-ethyl adjacent to an activating group) is 2. The lowest BCUT2D eigenvalue weighted by atomic mass is 9.92. The summed E-state index contributed by atoms with van der Waals surface area (Å²) in [6.45, 7) is 6.66. The number of carbonyl (C=O) groups is 1. The van der Waals surface area contributed by atoms with Crippen LogP contribution < -0.4 is 15.4 Å². The molecule has 0 spiro atoms. The van der Waals surface area contributed by atoms with E-state index < -0.39 is 46.5 Å². The first-order valence-electron chi connectivity index (χ1n) is 16.8. The minimum atomic E-state index is -5.13. The van der Waals surface area contributed by atoms with Crippen molar-refractivity contribution in [3.63, 3.8) is 0 Å². The highest BCUT2D eigenvalue weighted by Crippen LogP contribution is 2.48. The number of anilines is 2. The second-order valence-electron chi connectivity index (χ2n) is 13.0. The van der Waals surface area contributed by atoms with Gasteiger partial charge in [-0.15, -0.1) is 11.3 Å². The van der Waals surface area contributed by atoms with Gasteiger partial charge in [0, 0.05) is 56.2 Å². The van der Waals surface area contributed by atoms with Crippen LogP contribution in [0.15, 0.2) is 30.9 Å². The average Bonchev–Trinajstić information content (AvgIpc) is 3.82. The quantitative estimate of drug-likeness (QED) is 0.144. The molecule has 2 N–H and O–H groups in total. The Morgan fingerprint density at radius 2 is 2.00 bits per heavy atom. The van der Waals surface area contributed by atoms with E-state index in [4.69, 9.17) is 19.9 Å². The Labute approximate surface area is 306 Å². The Kier molecular flexibility index (Phi) is 10.8. The third-order valence-electron chi connectivity index (χ3n) is 10.1. The summed E-state index contributed by atoms with van der Waals surface area (Å²) in [5, 5.41) is 9.25. The Bertz CT molecular complexity index is 2100. The summed E-state index contributed by atoms with van der Waals surface area (Å²) in [4.78, 5) is 27.1. The summed E-state index contributed by atoms with van der Waals surface area (Å²) in [5.74, 6) is -2.58. The van der Waals surface area contributed by atoms with Gasteiger partial charge >= 0.3 is 12.2 Å². The summed E-state index contributed by atoms with van der Waals surface area (Å²) in [6.07, 6.45) is -2.98. The van der Waals surface area contributed by atoms with Crippen molar-refractivity contribution in [2.75, 3.05) is 64.7 Å². The maximum absolute atomic E-state index is 17.3. The van der Waals surface area contributed by atoms with Gasteiger partial charge in [0.1, 0.15) is 34.8 Å².